The fourth-order valence-electron chi connectivity index (χ4n) is 2.50. The highest BCUT2D eigenvalue weighted by molar-refractivity contribution is 7.99. The maximum atomic E-state index is 11.0. The number of aliphatic hydroxyl groups is 1. The number of aromatic nitrogens is 2. The normalized spacial score (nSPS) is 10.6. The third kappa shape index (κ3) is 4.77. The van der Waals surface area contributed by atoms with Crippen LogP contribution in [0.15, 0.2) is 64.9 Å². The zero-order chi connectivity index (χ0) is 19.2. The molecule has 1 aromatic carbocycles. The first-order chi connectivity index (χ1) is 13.1. The molecule has 2 heterocycles. The fraction of sp³-hybridized carbons (Fsp3) is 0.105. The Morgan fingerprint density at radius 2 is 1.96 bits per heavy atom. The van der Waals surface area contributed by atoms with E-state index in [0.717, 1.165) is 11.1 Å². The van der Waals surface area contributed by atoms with E-state index in [1.807, 2.05) is 24.3 Å². The number of rotatable bonds is 6. The van der Waals surface area contributed by atoms with Crippen LogP contribution in [0.5, 0.6) is 0 Å². The van der Waals surface area contributed by atoms with Crippen molar-refractivity contribution in [3.05, 3.63) is 71.1 Å². The van der Waals surface area contributed by atoms with Gasteiger partial charge in [0.1, 0.15) is 5.03 Å². The van der Waals surface area contributed by atoms with Crippen LogP contribution in [0.4, 0.5) is 4.79 Å². The number of amides is 1. The smallest absolute Gasteiger partial charge is 0.404 e. The van der Waals surface area contributed by atoms with Crippen molar-refractivity contribution in [2.24, 2.45) is 0 Å². The number of hydrogen-bond acceptors (Lipinski definition) is 5. The molecule has 0 aliphatic rings. The first-order valence-corrected chi connectivity index (χ1v) is 9.20. The van der Waals surface area contributed by atoms with E-state index in [0.29, 0.717) is 26.1 Å². The Kier molecular flexibility index (Phi) is 6.28. The number of carboxylic acid groups (broad SMARTS) is 1. The monoisotopic (exact) mass is 401 g/mol. The standard InChI is InChI=1S/C19H16ClN3O3S/c20-16-8-14(12-3-1-5-21-9-12)7-15(10-23-19(25)26)17(16)27-18-13(11-24)4-2-6-22-18/h1-9,23-24H,10-11H2,(H,25,26). The van der Waals surface area contributed by atoms with Crippen LogP contribution in [0.2, 0.25) is 5.02 Å². The van der Waals surface area contributed by atoms with Crippen molar-refractivity contribution in [1.82, 2.24) is 15.3 Å². The molecule has 0 fully saturated rings. The lowest BCUT2D eigenvalue weighted by atomic mass is 10.0. The lowest BCUT2D eigenvalue weighted by molar-refractivity contribution is 0.194. The van der Waals surface area contributed by atoms with Crippen molar-refractivity contribution in [2.45, 2.75) is 23.1 Å². The number of aliphatic hydroxyl groups excluding tert-OH is 1. The molecule has 1 amide bonds. The van der Waals surface area contributed by atoms with Crippen LogP contribution < -0.4 is 5.32 Å². The second-order valence-electron chi connectivity index (χ2n) is 5.57. The van der Waals surface area contributed by atoms with Crippen molar-refractivity contribution in [2.75, 3.05) is 0 Å². The molecule has 0 atom stereocenters. The zero-order valence-electron chi connectivity index (χ0n) is 14.1. The quantitative estimate of drug-likeness (QED) is 0.572. The Balaban J connectivity index is 2.04. The molecular weight excluding hydrogens is 386 g/mol. The summed E-state index contributed by atoms with van der Waals surface area (Å²) in [6.07, 6.45) is 3.91. The van der Waals surface area contributed by atoms with E-state index in [-0.39, 0.29) is 13.2 Å². The minimum atomic E-state index is -1.12. The van der Waals surface area contributed by atoms with Gasteiger partial charge < -0.3 is 15.5 Å². The van der Waals surface area contributed by atoms with Gasteiger partial charge in [-0.05, 0) is 35.4 Å². The van der Waals surface area contributed by atoms with E-state index in [9.17, 15) is 9.90 Å². The van der Waals surface area contributed by atoms with Gasteiger partial charge in [-0.3, -0.25) is 4.98 Å². The highest BCUT2D eigenvalue weighted by atomic mass is 35.5. The van der Waals surface area contributed by atoms with Crippen LogP contribution in [-0.2, 0) is 13.2 Å². The van der Waals surface area contributed by atoms with Gasteiger partial charge in [-0.25, -0.2) is 9.78 Å². The summed E-state index contributed by atoms with van der Waals surface area (Å²) in [5, 5.41) is 22.0. The molecule has 0 bridgehead atoms. The molecule has 0 spiro atoms. The van der Waals surface area contributed by atoms with Gasteiger partial charge >= 0.3 is 6.09 Å². The second-order valence-corrected chi connectivity index (χ2v) is 6.98. The number of nitrogens with zero attached hydrogens (tertiary/aromatic N) is 2. The predicted molar refractivity (Wildman–Crippen MR) is 104 cm³/mol. The van der Waals surface area contributed by atoms with Crippen molar-refractivity contribution in [1.29, 1.82) is 0 Å². The highest BCUT2D eigenvalue weighted by Crippen LogP contribution is 2.39. The Labute approximate surface area is 165 Å². The maximum absolute atomic E-state index is 11.0. The Hall–Kier alpha value is -2.61. The molecule has 2 aromatic heterocycles. The van der Waals surface area contributed by atoms with E-state index in [1.165, 1.54) is 11.8 Å². The number of halogens is 1. The van der Waals surface area contributed by atoms with Crippen LogP contribution in [0.25, 0.3) is 11.1 Å². The lowest BCUT2D eigenvalue weighted by Crippen LogP contribution is -2.20. The molecule has 0 aliphatic carbocycles. The number of pyridine rings is 2. The summed E-state index contributed by atoms with van der Waals surface area (Å²) in [5.74, 6) is 0. The van der Waals surface area contributed by atoms with Gasteiger partial charge in [0.25, 0.3) is 0 Å². The third-order valence-electron chi connectivity index (χ3n) is 3.76. The van der Waals surface area contributed by atoms with E-state index in [1.54, 1.807) is 30.7 Å². The largest absolute Gasteiger partial charge is 0.465 e. The van der Waals surface area contributed by atoms with E-state index in [4.69, 9.17) is 16.7 Å². The van der Waals surface area contributed by atoms with Gasteiger partial charge in [0.2, 0.25) is 0 Å². The minimum Gasteiger partial charge on any atom is -0.465 e. The van der Waals surface area contributed by atoms with Crippen molar-refractivity contribution in [3.63, 3.8) is 0 Å². The first-order valence-electron chi connectivity index (χ1n) is 8.00. The molecule has 27 heavy (non-hydrogen) atoms. The van der Waals surface area contributed by atoms with Crippen LogP contribution in [0, 0.1) is 0 Å². The molecule has 0 radical (unpaired) electrons. The Morgan fingerprint density at radius 1 is 1.15 bits per heavy atom. The van der Waals surface area contributed by atoms with Gasteiger partial charge in [0.15, 0.2) is 0 Å². The van der Waals surface area contributed by atoms with Crippen LogP contribution in [0.3, 0.4) is 0 Å². The summed E-state index contributed by atoms with van der Waals surface area (Å²) in [6.45, 7) is -0.0585. The number of hydrogen-bond donors (Lipinski definition) is 3. The Bertz CT molecular complexity index is 954. The van der Waals surface area contributed by atoms with Crippen LogP contribution in [0.1, 0.15) is 11.1 Å². The molecule has 0 aliphatic heterocycles. The fourth-order valence-corrected chi connectivity index (χ4v) is 3.84. The maximum Gasteiger partial charge on any atom is 0.404 e. The summed E-state index contributed by atoms with van der Waals surface area (Å²) in [4.78, 5) is 20.1. The molecule has 0 unspecified atom stereocenters. The molecule has 0 saturated heterocycles. The molecule has 138 valence electrons. The van der Waals surface area contributed by atoms with E-state index >= 15 is 0 Å². The van der Waals surface area contributed by atoms with Crippen molar-refractivity contribution in [3.8, 4) is 11.1 Å². The highest BCUT2D eigenvalue weighted by Gasteiger charge is 2.15. The van der Waals surface area contributed by atoms with Gasteiger partial charge in [-0.15, -0.1) is 0 Å². The van der Waals surface area contributed by atoms with Gasteiger partial charge in [0.05, 0.1) is 11.6 Å². The Morgan fingerprint density at radius 3 is 2.67 bits per heavy atom. The molecule has 3 aromatic rings. The molecule has 3 N–H and O–H groups in total. The van der Waals surface area contributed by atoms with Crippen LogP contribution in [-0.4, -0.2) is 26.3 Å². The zero-order valence-corrected chi connectivity index (χ0v) is 15.7. The lowest BCUT2D eigenvalue weighted by Gasteiger charge is -2.15. The summed E-state index contributed by atoms with van der Waals surface area (Å²) in [5.41, 5.74) is 3.10. The van der Waals surface area contributed by atoms with Gasteiger partial charge in [-0.2, -0.15) is 0 Å². The molecular formula is C19H16ClN3O3S. The number of benzene rings is 1. The topological polar surface area (TPSA) is 95.3 Å². The minimum absolute atomic E-state index is 0.0901. The average molecular weight is 402 g/mol. The third-order valence-corrected chi connectivity index (χ3v) is 5.42. The number of carbonyl (C=O) groups is 1. The van der Waals surface area contributed by atoms with Gasteiger partial charge in [0, 0.05) is 41.2 Å². The first kappa shape index (κ1) is 19.2. The molecule has 0 saturated carbocycles. The summed E-state index contributed by atoms with van der Waals surface area (Å²) >= 11 is 7.83. The predicted octanol–water partition coefficient (Wildman–Crippen LogP) is 4.21. The SMILES string of the molecule is O=C(O)NCc1cc(-c2cccnc2)cc(Cl)c1Sc1ncccc1CO. The molecule has 6 nitrogen and oxygen atoms in total. The van der Waals surface area contributed by atoms with Crippen LogP contribution >= 0.6 is 23.4 Å². The summed E-state index contributed by atoms with van der Waals surface area (Å²) in [6, 6.07) is 10.9. The van der Waals surface area contributed by atoms with Crippen molar-refractivity contribution < 1.29 is 15.0 Å². The average Bonchev–Trinajstić information content (AvgIpc) is 2.69. The van der Waals surface area contributed by atoms with E-state index < -0.39 is 6.09 Å². The molecule has 8 heteroatoms. The van der Waals surface area contributed by atoms with Gasteiger partial charge in [-0.1, -0.05) is 35.5 Å². The summed E-state index contributed by atoms with van der Waals surface area (Å²) in [7, 11) is 0. The number of nitrogens with one attached hydrogen (secondary N) is 1. The van der Waals surface area contributed by atoms with Crippen molar-refractivity contribution >= 4 is 29.5 Å². The second kappa shape index (κ2) is 8.85. The summed E-state index contributed by atoms with van der Waals surface area (Å²) < 4.78 is 0. The molecule has 3 rings (SSSR count). The van der Waals surface area contributed by atoms with E-state index in [2.05, 4.69) is 15.3 Å².